The van der Waals surface area contributed by atoms with Crippen molar-refractivity contribution < 1.29 is 4.74 Å². The molecule has 0 saturated carbocycles. The molecule has 0 radical (unpaired) electrons. The molecule has 3 heteroatoms. The lowest BCUT2D eigenvalue weighted by atomic mass is 10.1. The van der Waals surface area contributed by atoms with Crippen molar-refractivity contribution in [2.24, 2.45) is 0 Å². The van der Waals surface area contributed by atoms with Crippen LogP contribution in [0, 0.1) is 0 Å². The summed E-state index contributed by atoms with van der Waals surface area (Å²) >= 11 is 1.95. The van der Waals surface area contributed by atoms with Crippen LogP contribution in [0.2, 0.25) is 0 Å². The monoisotopic (exact) mass is 225 g/mol. The lowest BCUT2D eigenvalue weighted by Crippen LogP contribution is -2.41. The Kier molecular flexibility index (Phi) is 4.18. The molecule has 1 aromatic heterocycles. The van der Waals surface area contributed by atoms with Gasteiger partial charge in [0.2, 0.25) is 0 Å². The fraction of sp³-hybridized carbons (Fsp3) is 0.667. The summed E-state index contributed by atoms with van der Waals surface area (Å²) in [5.41, 5.74) is 0. The smallest absolute Gasteiger partial charge is 0.0620 e. The Balaban J connectivity index is 1.76. The number of nitrogens with one attached hydrogen (secondary N) is 1. The van der Waals surface area contributed by atoms with Gasteiger partial charge >= 0.3 is 0 Å². The topological polar surface area (TPSA) is 21.3 Å². The average Bonchev–Trinajstić information content (AvgIpc) is 2.76. The summed E-state index contributed by atoms with van der Waals surface area (Å²) in [7, 11) is 0. The minimum atomic E-state index is 0.561. The van der Waals surface area contributed by atoms with E-state index in [1.54, 1.807) is 0 Å². The molecule has 2 heterocycles. The number of rotatable bonds is 4. The zero-order valence-corrected chi connectivity index (χ0v) is 10.1. The first-order chi connectivity index (χ1) is 7.38. The maximum atomic E-state index is 5.44. The van der Waals surface area contributed by atoms with Crippen molar-refractivity contribution in [1.29, 1.82) is 0 Å². The number of thiophene rings is 1. The molecule has 1 saturated heterocycles. The van der Waals surface area contributed by atoms with E-state index in [0.29, 0.717) is 6.04 Å². The van der Waals surface area contributed by atoms with Crippen molar-refractivity contribution in [1.82, 2.24) is 5.32 Å². The zero-order valence-electron chi connectivity index (χ0n) is 9.29. The first-order valence-corrected chi connectivity index (χ1v) is 6.59. The second-order valence-electron chi connectivity index (χ2n) is 3.99. The van der Waals surface area contributed by atoms with E-state index < -0.39 is 0 Å². The van der Waals surface area contributed by atoms with Gasteiger partial charge in [0.15, 0.2) is 0 Å². The van der Waals surface area contributed by atoms with Crippen molar-refractivity contribution in [3.05, 3.63) is 21.9 Å². The van der Waals surface area contributed by atoms with Crippen LogP contribution < -0.4 is 5.32 Å². The van der Waals surface area contributed by atoms with Gasteiger partial charge in [-0.1, -0.05) is 6.92 Å². The van der Waals surface area contributed by atoms with E-state index in [0.717, 1.165) is 26.2 Å². The minimum absolute atomic E-state index is 0.561. The average molecular weight is 225 g/mol. The predicted octanol–water partition coefficient (Wildman–Crippen LogP) is 2.23. The molecule has 1 aliphatic heterocycles. The third-order valence-corrected chi connectivity index (χ3v) is 4.09. The maximum absolute atomic E-state index is 5.44. The first-order valence-electron chi connectivity index (χ1n) is 5.77. The molecule has 1 fully saturated rings. The second kappa shape index (κ2) is 5.64. The molecule has 1 aromatic rings. The van der Waals surface area contributed by atoms with Gasteiger partial charge in [0.05, 0.1) is 13.2 Å². The second-order valence-corrected chi connectivity index (χ2v) is 5.24. The van der Waals surface area contributed by atoms with Gasteiger partial charge in [-0.2, -0.15) is 0 Å². The van der Waals surface area contributed by atoms with E-state index in [1.807, 2.05) is 11.3 Å². The summed E-state index contributed by atoms with van der Waals surface area (Å²) < 4.78 is 5.44. The summed E-state index contributed by atoms with van der Waals surface area (Å²) in [6, 6.07) is 5.09. The predicted molar refractivity (Wildman–Crippen MR) is 64.6 cm³/mol. The highest BCUT2D eigenvalue weighted by atomic mass is 32.1. The molecule has 0 amide bonds. The minimum Gasteiger partial charge on any atom is -0.379 e. The molecule has 1 unspecified atom stereocenters. The lowest BCUT2D eigenvalue weighted by Gasteiger charge is -2.23. The Bertz CT molecular complexity index is 292. The van der Waals surface area contributed by atoms with Crippen molar-refractivity contribution in [2.75, 3.05) is 19.8 Å². The van der Waals surface area contributed by atoms with E-state index >= 15 is 0 Å². The number of morpholine rings is 1. The standard InChI is InChI=1S/C12H19NOS/c1-2-11-5-6-12(15-11)4-3-10-9-14-8-7-13-10/h5-6,10,13H,2-4,7-9H2,1H3. The zero-order chi connectivity index (χ0) is 10.5. The molecule has 0 bridgehead atoms. The Morgan fingerprint density at radius 3 is 3.00 bits per heavy atom. The van der Waals surface area contributed by atoms with Gasteiger partial charge < -0.3 is 10.1 Å². The van der Waals surface area contributed by atoms with Crippen molar-refractivity contribution in [3.8, 4) is 0 Å². The number of hydrogen-bond donors (Lipinski definition) is 1. The Morgan fingerprint density at radius 1 is 1.47 bits per heavy atom. The van der Waals surface area contributed by atoms with Crippen LogP contribution in [0.25, 0.3) is 0 Å². The van der Waals surface area contributed by atoms with Crippen LogP contribution in [0.3, 0.4) is 0 Å². The SMILES string of the molecule is CCc1ccc(CCC2COCCN2)s1. The number of hydrogen-bond acceptors (Lipinski definition) is 3. The molecule has 0 aliphatic carbocycles. The van der Waals surface area contributed by atoms with Crippen LogP contribution in [-0.2, 0) is 17.6 Å². The largest absolute Gasteiger partial charge is 0.379 e. The molecule has 0 spiro atoms. The van der Waals surface area contributed by atoms with E-state index in [-0.39, 0.29) is 0 Å². The van der Waals surface area contributed by atoms with E-state index in [4.69, 9.17) is 4.74 Å². The van der Waals surface area contributed by atoms with Gasteiger partial charge in [-0.25, -0.2) is 0 Å². The molecule has 1 N–H and O–H groups in total. The Hall–Kier alpha value is -0.380. The highest BCUT2D eigenvalue weighted by Crippen LogP contribution is 2.19. The van der Waals surface area contributed by atoms with Crippen LogP contribution in [0.4, 0.5) is 0 Å². The van der Waals surface area contributed by atoms with Crippen LogP contribution >= 0.6 is 11.3 Å². The van der Waals surface area contributed by atoms with Gasteiger partial charge in [-0.05, 0) is 31.4 Å². The van der Waals surface area contributed by atoms with Crippen LogP contribution in [-0.4, -0.2) is 25.8 Å². The van der Waals surface area contributed by atoms with E-state index in [1.165, 1.54) is 22.6 Å². The van der Waals surface area contributed by atoms with E-state index in [2.05, 4.69) is 24.4 Å². The van der Waals surface area contributed by atoms with Crippen LogP contribution in [0.15, 0.2) is 12.1 Å². The molecule has 2 nitrogen and oxygen atoms in total. The van der Waals surface area contributed by atoms with Crippen molar-refractivity contribution in [2.45, 2.75) is 32.2 Å². The number of ether oxygens (including phenoxy) is 1. The van der Waals surface area contributed by atoms with Crippen LogP contribution in [0.5, 0.6) is 0 Å². The molecule has 1 atom stereocenters. The summed E-state index contributed by atoms with van der Waals surface area (Å²) in [4.78, 5) is 3.01. The maximum Gasteiger partial charge on any atom is 0.0620 e. The molecule has 0 aromatic carbocycles. The van der Waals surface area contributed by atoms with Crippen molar-refractivity contribution >= 4 is 11.3 Å². The van der Waals surface area contributed by atoms with Gasteiger partial charge in [0.1, 0.15) is 0 Å². The highest BCUT2D eigenvalue weighted by Gasteiger charge is 2.12. The summed E-state index contributed by atoms with van der Waals surface area (Å²) in [6.45, 7) is 4.98. The molecule has 15 heavy (non-hydrogen) atoms. The van der Waals surface area contributed by atoms with Gasteiger partial charge in [0.25, 0.3) is 0 Å². The van der Waals surface area contributed by atoms with Gasteiger partial charge in [0, 0.05) is 22.3 Å². The van der Waals surface area contributed by atoms with E-state index in [9.17, 15) is 0 Å². The van der Waals surface area contributed by atoms with Crippen LogP contribution in [0.1, 0.15) is 23.1 Å². The molecule has 2 rings (SSSR count). The molecular formula is C12H19NOS. The third kappa shape index (κ3) is 3.30. The Morgan fingerprint density at radius 2 is 2.33 bits per heavy atom. The summed E-state index contributed by atoms with van der Waals surface area (Å²) in [6.07, 6.45) is 3.55. The first kappa shape index (κ1) is 11.1. The van der Waals surface area contributed by atoms with Crippen molar-refractivity contribution in [3.63, 3.8) is 0 Å². The Labute approximate surface area is 95.6 Å². The fourth-order valence-corrected chi connectivity index (χ4v) is 2.84. The normalized spacial score (nSPS) is 21.8. The summed E-state index contributed by atoms with van der Waals surface area (Å²) in [5, 5.41) is 3.49. The molecule has 84 valence electrons. The third-order valence-electron chi connectivity index (χ3n) is 2.80. The lowest BCUT2D eigenvalue weighted by molar-refractivity contribution is 0.0744. The number of aryl methyl sites for hydroxylation is 2. The van der Waals surface area contributed by atoms with Gasteiger partial charge in [-0.15, -0.1) is 11.3 Å². The molecular weight excluding hydrogens is 206 g/mol. The molecule has 1 aliphatic rings. The fourth-order valence-electron chi connectivity index (χ4n) is 1.87. The summed E-state index contributed by atoms with van der Waals surface area (Å²) in [5.74, 6) is 0. The quantitative estimate of drug-likeness (QED) is 0.848. The highest BCUT2D eigenvalue weighted by molar-refractivity contribution is 7.11. The van der Waals surface area contributed by atoms with Gasteiger partial charge in [-0.3, -0.25) is 0 Å².